The molecule has 0 spiro atoms. The molecular formula is C12H14ClF4NO. The van der Waals surface area contributed by atoms with Crippen LogP contribution in [0.1, 0.15) is 12.0 Å². The fraction of sp³-hybridized carbons (Fsp3) is 0.500. The van der Waals surface area contributed by atoms with Gasteiger partial charge in [0.1, 0.15) is 12.4 Å². The molecule has 0 saturated heterocycles. The lowest BCUT2D eigenvalue weighted by molar-refractivity contribution is -0.174. The van der Waals surface area contributed by atoms with Gasteiger partial charge < -0.3 is 10.5 Å². The molecular weight excluding hydrogens is 286 g/mol. The van der Waals surface area contributed by atoms with Crippen LogP contribution in [0.15, 0.2) is 18.2 Å². The van der Waals surface area contributed by atoms with E-state index in [1.54, 1.807) is 0 Å². The zero-order chi connectivity index (χ0) is 14.5. The summed E-state index contributed by atoms with van der Waals surface area (Å²) in [5.74, 6) is -0.473. The number of halogens is 5. The number of benzene rings is 1. The van der Waals surface area contributed by atoms with Crippen LogP contribution in [-0.4, -0.2) is 25.4 Å². The molecule has 1 aromatic carbocycles. The van der Waals surface area contributed by atoms with Crippen LogP contribution in [0.5, 0.6) is 0 Å². The van der Waals surface area contributed by atoms with Crippen LogP contribution in [0.25, 0.3) is 0 Å². The van der Waals surface area contributed by atoms with E-state index in [0.717, 1.165) is 0 Å². The quantitative estimate of drug-likeness (QED) is 0.646. The molecule has 0 aliphatic rings. The Morgan fingerprint density at radius 2 is 2.00 bits per heavy atom. The van der Waals surface area contributed by atoms with Crippen molar-refractivity contribution >= 4 is 11.6 Å². The summed E-state index contributed by atoms with van der Waals surface area (Å²) in [6, 6.07) is 3.74. The molecule has 1 atom stereocenters. The Morgan fingerprint density at radius 3 is 2.58 bits per heavy atom. The first-order chi connectivity index (χ1) is 8.78. The molecule has 0 amide bonds. The molecule has 0 bridgehead atoms. The van der Waals surface area contributed by atoms with Gasteiger partial charge in [-0.1, -0.05) is 17.7 Å². The normalized spacial score (nSPS) is 13.6. The number of rotatable bonds is 6. The van der Waals surface area contributed by atoms with E-state index in [0.29, 0.717) is 5.56 Å². The fourth-order valence-electron chi connectivity index (χ4n) is 1.49. The third kappa shape index (κ3) is 6.75. The lowest BCUT2D eigenvalue weighted by Crippen LogP contribution is -2.26. The Bertz CT molecular complexity index is 411. The van der Waals surface area contributed by atoms with Gasteiger partial charge in [-0.05, 0) is 30.5 Å². The van der Waals surface area contributed by atoms with Gasteiger partial charge in [-0.25, -0.2) is 4.39 Å². The summed E-state index contributed by atoms with van der Waals surface area (Å²) in [4.78, 5) is 0. The minimum absolute atomic E-state index is 0.115. The Hall–Kier alpha value is -0.850. The van der Waals surface area contributed by atoms with Crippen molar-refractivity contribution in [1.82, 2.24) is 0 Å². The zero-order valence-electron chi connectivity index (χ0n) is 10.0. The van der Waals surface area contributed by atoms with E-state index in [9.17, 15) is 17.6 Å². The van der Waals surface area contributed by atoms with Crippen molar-refractivity contribution in [3.63, 3.8) is 0 Å². The van der Waals surface area contributed by atoms with Crippen LogP contribution >= 0.6 is 11.6 Å². The van der Waals surface area contributed by atoms with Gasteiger partial charge in [0, 0.05) is 17.7 Å². The average molecular weight is 300 g/mol. The van der Waals surface area contributed by atoms with Crippen molar-refractivity contribution in [2.24, 2.45) is 5.73 Å². The Morgan fingerprint density at radius 1 is 1.32 bits per heavy atom. The summed E-state index contributed by atoms with van der Waals surface area (Å²) >= 11 is 5.60. The smallest absolute Gasteiger partial charge is 0.372 e. The van der Waals surface area contributed by atoms with E-state index in [1.807, 2.05) is 0 Å². The summed E-state index contributed by atoms with van der Waals surface area (Å²) < 4.78 is 53.3. The van der Waals surface area contributed by atoms with Crippen molar-refractivity contribution in [2.45, 2.75) is 25.1 Å². The minimum atomic E-state index is -4.34. The third-order valence-electron chi connectivity index (χ3n) is 2.40. The maximum absolute atomic E-state index is 13.4. The monoisotopic (exact) mass is 299 g/mol. The summed E-state index contributed by atoms with van der Waals surface area (Å²) in [5, 5.41) is 0.281. The van der Waals surface area contributed by atoms with Gasteiger partial charge >= 0.3 is 6.18 Å². The molecule has 0 aromatic heterocycles. The molecule has 19 heavy (non-hydrogen) atoms. The Kier molecular flexibility index (Phi) is 6.03. The molecule has 0 radical (unpaired) electrons. The topological polar surface area (TPSA) is 35.2 Å². The average Bonchev–Trinajstić information content (AvgIpc) is 2.27. The van der Waals surface area contributed by atoms with E-state index in [1.165, 1.54) is 18.2 Å². The third-order valence-corrected chi connectivity index (χ3v) is 2.63. The van der Waals surface area contributed by atoms with Crippen molar-refractivity contribution < 1.29 is 22.3 Å². The number of alkyl halides is 3. The summed E-state index contributed by atoms with van der Waals surface area (Å²) in [6.07, 6.45) is -3.90. The highest BCUT2D eigenvalue weighted by atomic mass is 35.5. The highest BCUT2D eigenvalue weighted by molar-refractivity contribution is 6.30. The van der Waals surface area contributed by atoms with Crippen LogP contribution in [0.2, 0.25) is 5.02 Å². The summed E-state index contributed by atoms with van der Waals surface area (Å²) in [5.41, 5.74) is 6.08. The van der Waals surface area contributed by atoms with Gasteiger partial charge in [0.2, 0.25) is 0 Å². The van der Waals surface area contributed by atoms with Gasteiger partial charge in [0.15, 0.2) is 0 Å². The summed E-state index contributed by atoms with van der Waals surface area (Å²) in [7, 11) is 0. The lowest BCUT2D eigenvalue weighted by Gasteiger charge is -2.13. The van der Waals surface area contributed by atoms with E-state index < -0.39 is 24.6 Å². The lowest BCUT2D eigenvalue weighted by atomic mass is 10.0. The molecule has 108 valence electrons. The molecule has 0 fully saturated rings. The first-order valence-electron chi connectivity index (χ1n) is 5.62. The van der Waals surface area contributed by atoms with Gasteiger partial charge in [0.25, 0.3) is 0 Å². The van der Waals surface area contributed by atoms with Crippen LogP contribution in [0.4, 0.5) is 17.6 Å². The predicted molar refractivity (Wildman–Crippen MR) is 64.6 cm³/mol. The van der Waals surface area contributed by atoms with Crippen molar-refractivity contribution in [3.05, 3.63) is 34.6 Å². The molecule has 2 N–H and O–H groups in total. The second kappa shape index (κ2) is 7.07. The molecule has 0 aliphatic heterocycles. The van der Waals surface area contributed by atoms with Gasteiger partial charge in [0.05, 0.1) is 0 Å². The van der Waals surface area contributed by atoms with Gasteiger partial charge in [-0.2, -0.15) is 13.2 Å². The standard InChI is InChI=1S/C12H14ClF4NO/c13-9-2-1-8(11(14)6-9)5-10(18)3-4-19-7-12(15,16)17/h1-2,6,10H,3-5,7,18H2. The predicted octanol–water partition coefficient (Wildman–Crippen LogP) is 3.32. The van der Waals surface area contributed by atoms with Crippen molar-refractivity contribution in [3.8, 4) is 0 Å². The number of hydrogen-bond acceptors (Lipinski definition) is 2. The molecule has 7 heteroatoms. The van der Waals surface area contributed by atoms with E-state index >= 15 is 0 Å². The van der Waals surface area contributed by atoms with Crippen LogP contribution < -0.4 is 5.73 Å². The van der Waals surface area contributed by atoms with Crippen molar-refractivity contribution in [1.29, 1.82) is 0 Å². The molecule has 1 aromatic rings. The van der Waals surface area contributed by atoms with Gasteiger partial charge in [-0.3, -0.25) is 0 Å². The maximum Gasteiger partial charge on any atom is 0.411 e. The van der Waals surface area contributed by atoms with Gasteiger partial charge in [-0.15, -0.1) is 0 Å². The highest BCUT2D eigenvalue weighted by Gasteiger charge is 2.27. The Balaban J connectivity index is 2.33. The molecule has 1 unspecified atom stereocenters. The Labute approximate surface area is 113 Å². The van der Waals surface area contributed by atoms with E-state index in [4.69, 9.17) is 17.3 Å². The zero-order valence-corrected chi connectivity index (χ0v) is 10.8. The number of hydrogen-bond donors (Lipinski definition) is 1. The largest absolute Gasteiger partial charge is 0.411 e. The fourth-order valence-corrected chi connectivity index (χ4v) is 1.65. The summed E-state index contributed by atoms with van der Waals surface area (Å²) in [6.45, 7) is -1.41. The van der Waals surface area contributed by atoms with Crippen molar-refractivity contribution in [2.75, 3.05) is 13.2 Å². The second-order valence-corrected chi connectivity index (χ2v) is 4.59. The first kappa shape index (κ1) is 16.2. The molecule has 0 heterocycles. The second-order valence-electron chi connectivity index (χ2n) is 4.16. The minimum Gasteiger partial charge on any atom is -0.372 e. The molecule has 2 nitrogen and oxygen atoms in total. The molecule has 1 rings (SSSR count). The maximum atomic E-state index is 13.4. The van der Waals surface area contributed by atoms with Crippen LogP contribution in [0.3, 0.4) is 0 Å². The molecule has 0 saturated carbocycles. The van der Waals surface area contributed by atoms with Crippen LogP contribution in [0, 0.1) is 5.82 Å². The highest BCUT2D eigenvalue weighted by Crippen LogP contribution is 2.17. The van der Waals surface area contributed by atoms with Crippen LogP contribution in [-0.2, 0) is 11.2 Å². The van der Waals surface area contributed by atoms with E-state index in [2.05, 4.69) is 4.74 Å². The number of ether oxygens (including phenoxy) is 1. The SMILES string of the molecule is NC(CCOCC(F)(F)F)Cc1ccc(Cl)cc1F. The molecule has 0 aliphatic carbocycles. The van der Waals surface area contributed by atoms with E-state index in [-0.39, 0.29) is 24.5 Å². The first-order valence-corrected chi connectivity index (χ1v) is 6.00. The number of nitrogens with two attached hydrogens (primary N) is 1.